The van der Waals surface area contributed by atoms with E-state index >= 15 is 0 Å². The minimum atomic E-state index is -0.260. The summed E-state index contributed by atoms with van der Waals surface area (Å²) in [7, 11) is 0. The lowest BCUT2D eigenvalue weighted by molar-refractivity contribution is -0.123. The van der Waals surface area contributed by atoms with E-state index in [1.165, 1.54) is 0 Å². The average Bonchev–Trinajstić information content (AvgIpc) is 2.64. The number of rotatable bonds is 4. The summed E-state index contributed by atoms with van der Waals surface area (Å²) in [5.74, 6) is 1.20. The number of aryl methyl sites for hydroxylation is 2. The van der Waals surface area contributed by atoms with Crippen LogP contribution in [0.3, 0.4) is 0 Å². The zero-order chi connectivity index (χ0) is 15.6. The van der Waals surface area contributed by atoms with Crippen molar-refractivity contribution in [3.05, 3.63) is 23.7 Å². The Kier molecular flexibility index (Phi) is 4.52. The van der Waals surface area contributed by atoms with E-state index in [1.54, 1.807) is 6.20 Å². The second-order valence-corrected chi connectivity index (χ2v) is 6.58. The standard InChI is InChI=1S/C15H21ClN4O/c1-10-7-11-14(17-8-10)20(12(18-11)5-6-16)9-13(21)19-15(2,3)4/h7-8H,5-6,9H2,1-4H3,(H,19,21). The summed E-state index contributed by atoms with van der Waals surface area (Å²) in [5, 5.41) is 2.95. The van der Waals surface area contributed by atoms with Gasteiger partial charge >= 0.3 is 0 Å². The second kappa shape index (κ2) is 6.02. The van der Waals surface area contributed by atoms with Crippen molar-refractivity contribution < 1.29 is 4.79 Å². The third-order valence-electron chi connectivity index (χ3n) is 2.93. The van der Waals surface area contributed by atoms with Crippen molar-refractivity contribution in [1.82, 2.24) is 19.9 Å². The van der Waals surface area contributed by atoms with Crippen LogP contribution >= 0.6 is 11.6 Å². The fourth-order valence-electron chi connectivity index (χ4n) is 2.20. The maximum atomic E-state index is 12.2. The van der Waals surface area contributed by atoms with E-state index in [9.17, 15) is 4.79 Å². The molecular formula is C15H21ClN4O. The number of pyridine rings is 1. The Morgan fingerprint density at radius 2 is 2.14 bits per heavy atom. The lowest BCUT2D eigenvalue weighted by atomic mass is 10.1. The van der Waals surface area contributed by atoms with Crippen molar-refractivity contribution in [2.45, 2.75) is 46.2 Å². The molecule has 0 aliphatic heterocycles. The van der Waals surface area contributed by atoms with Crippen LogP contribution in [-0.4, -0.2) is 31.9 Å². The van der Waals surface area contributed by atoms with Crippen molar-refractivity contribution in [3.63, 3.8) is 0 Å². The molecule has 5 nitrogen and oxygen atoms in total. The largest absolute Gasteiger partial charge is 0.350 e. The fraction of sp³-hybridized carbons (Fsp3) is 0.533. The van der Waals surface area contributed by atoms with Gasteiger partial charge in [0.05, 0.1) is 0 Å². The van der Waals surface area contributed by atoms with Gasteiger partial charge in [-0.05, 0) is 39.3 Å². The molecule has 1 amide bonds. The predicted molar refractivity (Wildman–Crippen MR) is 84.6 cm³/mol. The van der Waals surface area contributed by atoms with Crippen LogP contribution in [0, 0.1) is 6.92 Å². The van der Waals surface area contributed by atoms with Crippen molar-refractivity contribution in [3.8, 4) is 0 Å². The van der Waals surface area contributed by atoms with Crippen molar-refractivity contribution >= 4 is 28.7 Å². The summed E-state index contributed by atoms with van der Waals surface area (Å²) < 4.78 is 1.85. The third-order valence-corrected chi connectivity index (χ3v) is 3.12. The lowest BCUT2D eigenvalue weighted by Gasteiger charge is -2.21. The normalized spacial score (nSPS) is 11.9. The highest BCUT2D eigenvalue weighted by Gasteiger charge is 2.18. The van der Waals surface area contributed by atoms with Gasteiger partial charge in [-0.25, -0.2) is 9.97 Å². The number of carbonyl (C=O) groups is 1. The van der Waals surface area contributed by atoms with Gasteiger partial charge < -0.3 is 9.88 Å². The second-order valence-electron chi connectivity index (χ2n) is 6.21. The number of aromatic nitrogens is 3. The zero-order valence-corrected chi connectivity index (χ0v) is 13.7. The summed E-state index contributed by atoms with van der Waals surface area (Å²) in [4.78, 5) is 21.1. The predicted octanol–water partition coefficient (Wildman–Crippen LogP) is 2.44. The highest BCUT2D eigenvalue weighted by Crippen LogP contribution is 2.16. The van der Waals surface area contributed by atoms with Gasteiger partial charge in [-0.2, -0.15) is 0 Å². The van der Waals surface area contributed by atoms with Gasteiger partial charge in [0.1, 0.15) is 17.9 Å². The first-order chi connectivity index (χ1) is 9.80. The van der Waals surface area contributed by atoms with Crippen LogP contribution in [0.25, 0.3) is 11.2 Å². The summed E-state index contributed by atoms with van der Waals surface area (Å²) in [5.41, 5.74) is 2.32. The average molecular weight is 309 g/mol. The molecule has 0 aliphatic rings. The SMILES string of the molecule is Cc1cnc2c(c1)nc(CCCl)n2CC(=O)NC(C)(C)C. The van der Waals surface area contributed by atoms with Gasteiger partial charge in [-0.3, -0.25) is 4.79 Å². The van der Waals surface area contributed by atoms with E-state index in [0.29, 0.717) is 12.3 Å². The monoisotopic (exact) mass is 308 g/mol. The Morgan fingerprint density at radius 1 is 1.43 bits per heavy atom. The molecule has 0 spiro atoms. The van der Waals surface area contributed by atoms with Gasteiger partial charge in [0.15, 0.2) is 5.65 Å². The van der Waals surface area contributed by atoms with E-state index in [2.05, 4.69) is 15.3 Å². The number of halogens is 1. The minimum absolute atomic E-state index is 0.0556. The highest BCUT2D eigenvalue weighted by molar-refractivity contribution is 6.17. The van der Waals surface area contributed by atoms with Crippen molar-refractivity contribution in [1.29, 1.82) is 0 Å². The maximum absolute atomic E-state index is 12.2. The Hall–Kier alpha value is -1.62. The number of imidazole rings is 1. The Bertz CT molecular complexity index is 657. The molecule has 0 aliphatic carbocycles. The molecule has 0 bridgehead atoms. The van der Waals surface area contributed by atoms with Crippen LogP contribution < -0.4 is 5.32 Å². The van der Waals surface area contributed by atoms with Gasteiger partial charge in [0, 0.05) is 24.0 Å². The lowest BCUT2D eigenvalue weighted by Crippen LogP contribution is -2.42. The molecule has 0 radical (unpaired) electrons. The van der Waals surface area contributed by atoms with Gasteiger partial charge in [0.2, 0.25) is 5.91 Å². The number of hydrogen-bond acceptors (Lipinski definition) is 3. The number of fused-ring (bicyclic) bond motifs is 1. The molecule has 0 atom stereocenters. The molecule has 0 saturated heterocycles. The Balaban J connectivity index is 2.36. The molecule has 2 aromatic heterocycles. The highest BCUT2D eigenvalue weighted by atomic mass is 35.5. The van der Waals surface area contributed by atoms with Gasteiger partial charge in [-0.1, -0.05) is 0 Å². The number of nitrogens with zero attached hydrogens (tertiary/aromatic N) is 3. The molecule has 0 aromatic carbocycles. The first-order valence-corrected chi connectivity index (χ1v) is 7.52. The van der Waals surface area contributed by atoms with Crippen LogP contribution in [0.4, 0.5) is 0 Å². The third kappa shape index (κ3) is 3.94. The Morgan fingerprint density at radius 3 is 2.76 bits per heavy atom. The van der Waals surface area contributed by atoms with E-state index < -0.39 is 0 Å². The molecule has 2 heterocycles. The first-order valence-electron chi connectivity index (χ1n) is 6.99. The zero-order valence-electron chi connectivity index (χ0n) is 12.9. The molecule has 21 heavy (non-hydrogen) atoms. The van der Waals surface area contributed by atoms with Crippen LogP contribution in [0.5, 0.6) is 0 Å². The number of carbonyl (C=O) groups excluding carboxylic acids is 1. The molecule has 2 rings (SSSR count). The first kappa shape index (κ1) is 15.8. The van der Waals surface area contributed by atoms with Crippen LogP contribution in [0.2, 0.25) is 0 Å². The maximum Gasteiger partial charge on any atom is 0.240 e. The molecule has 114 valence electrons. The van der Waals surface area contributed by atoms with Crippen molar-refractivity contribution in [2.24, 2.45) is 0 Å². The number of hydrogen-bond donors (Lipinski definition) is 1. The summed E-state index contributed by atoms with van der Waals surface area (Å²) in [6, 6.07) is 1.97. The van der Waals surface area contributed by atoms with Gasteiger partial charge in [0.25, 0.3) is 0 Å². The quantitative estimate of drug-likeness (QED) is 0.883. The number of alkyl halides is 1. The van der Waals surface area contributed by atoms with E-state index in [4.69, 9.17) is 11.6 Å². The smallest absolute Gasteiger partial charge is 0.240 e. The van der Waals surface area contributed by atoms with E-state index in [1.807, 2.05) is 38.3 Å². The fourth-order valence-corrected chi connectivity index (χ4v) is 2.37. The molecule has 1 N–H and O–H groups in total. The Labute approximate surface area is 129 Å². The molecule has 0 unspecified atom stereocenters. The molecular weight excluding hydrogens is 288 g/mol. The van der Waals surface area contributed by atoms with E-state index in [-0.39, 0.29) is 18.0 Å². The number of amides is 1. The molecule has 2 aromatic rings. The summed E-state index contributed by atoms with van der Waals surface area (Å²) >= 11 is 5.84. The minimum Gasteiger partial charge on any atom is -0.350 e. The van der Waals surface area contributed by atoms with Crippen LogP contribution in [0.1, 0.15) is 32.2 Å². The van der Waals surface area contributed by atoms with Gasteiger partial charge in [-0.15, -0.1) is 11.6 Å². The molecule has 0 fully saturated rings. The topological polar surface area (TPSA) is 59.8 Å². The van der Waals surface area contributed by atoms with E-state index in [0.717, 1.165) is 22.6 Å². The van der Waals surface area contributed by atoms with Crippen molar-refractivity contribution in [2.75, 3.05) is 5.88 Å². The molecule has 0 saturated carbocycles. The summed E-state index contributed by atoms with van der Waals surface area (Å²) in [6.45, 7) is 8.05. The molecule has 6 heteroatoms. The number of nitrogens with one attached hydrogen (secondary N) is 1. The van der Waals surface area contributed by atoms with Crippen LogP contribution in [-0.2, 0) is 17.8 Å². The summed E-state index contributed by atoms with van der Waals surface area (Å²) in [6.07, 6.45) is 2.40. The van der Waals surface area contributed by atoms with Crippen LogP contribution in [0.15, 0.2) is 12.3 Å².